The van der Waals surface area contributed by atoms with Crippen LogP contribution in [0.5, 0.6) is 0 Å². The molecule has 4 aromatic rings. The van der Waals surface area contributed by atoms with Crippen LogP contribution in [0.1, 0.15) is 35.3 Å². The van der Waals surface area contributed by atoms with E-state index in [2.05, 4.69) is 16.0 Å². The number of thiophene rings is 1. The molecule has 0 saturated heterocycles. The van der Waals surface area contributed by atoms with Gasteiger partial charge in [0, 0.05) is 24.5 Å². The average molecular weight is 474 g/mol. The van der Waals surface area contributed by atoms with Crippen molar-refractivity contribution in [1.82, 2.24) is 20.4 Å². The van der Waals surface area contributed by atoms with Crippen LogP contribution in [-0.4, -0.2) is 27.8 Å². The highest BCUT2D eigenvalue weighted by molar-refractivity contribution is 7.13. The number of hydrogen-bond acceptors (Lipinski definition) is 4. The van der Waals surface area contributed by atoms with Crippen molar-refractivity contribution in [2.24, 2.45) is 0 Å². The number of amides is 3. The highest BCUT2D eigenvalue weighted by Gasteiger charge is 2.19. The van der Waals surface area contributed by atoms with Gasteiger partial charge in [-0.1, -0.05) is 48.5 Å². The summed E-state index contributed by atoms with van der Waals surface area (Å²) in [5.41, 5.74) is 3.96. The van der Waals surface area contributed by atoms with Gasteiger partial charge in [-0.05, 0) is 48.6 Å². The van der Waals surface area contributed by atoms with Crippen molar-refractivity contribution in [2.75, 3.05) is 5.32 Å². The minimum Gasteiger partial charge on any atom is -0.348 e. The fourth-order valence-electron chi connectivity index (χ4n) is 3.45. The molecule has 34 heavy (non-hydrogen) atoms. The Morgan fingerprint density at radius 1 is 0.971 bits per heavy atom. The maximum Gasteiger partial charge on any atom is 0.319 e. The third-order valence-corrected chi connectivity index (χ3v) is 5.91. The molecule has 3 N–H and O–H groups in total. The van der Waals surface area contributed by atoms with Crippen molar-refractivity contribution >= 4 is 29.0 Å². The van der Waals surface area contributed by atoms with Gasteiger partial charge in [0.1, 0.15) is 5.69 Å². The van der Waals surface area contributed by atoms with Crippen LogP contribution in [0.2, 0.25) is 0 Å². The van der Waals surface area contributed by atoms with Crippen molar-refractivity contribution in [2.45, 2.75) is 33.0 Å². The van der Waals surface area contributed by atoms with E-state index in [0.717, 1.165) is 16.0 Å². The molecule has 0 saturated carbocycles. The maximum absolute atomic E-state index is 13.1. The number of rotatable bonds is 8. The molecular formula is C26H27N5O2S. The van der Waals surface area contributed by atoms with Crippen molar-refractivity contribution in [3.05, 3.63) is 95.0 Å². The molecule has 8 heteroatoms. The maximum atomic E-state index is 13.1. The molecule has 0 bridgehead atoms. The molecule has 7 nitrogen and oxygen atoms in total. The SMILES string of the molecule is CC(C)NC(=O)Nc1ccc(CNC(=O)c2cn(Cc3ccccc3)nc2-c2cccs2)cc1. The van der Waals surface area contributed by atoms with E-state index in [1.54, 1.807) is 17.5 Å². The first-order valence-electron chi connectivity index (χ1n) is 11.1. The van der Waals surface area contributed by atoms with Crippen LogP contribution >= 0.6 is 11.3 Å². The summed E-state index contributed by atoms with van der Waals surface area (Å²) < 4.78 is 1.81. The molecule has 0 spiro atoms. The van der Waals surface area contributed by atoms with E-state index in [0.29, 0.717) is 30.0 Å². The molecule has 4 rings (SSSR count). The fraction of sp³-hybridized carbons (Fsp3) is 0.192. The predicted octanol–water partition coefficient (Wildman–Crippen LogP) is 5.12. The van der Waals surface area contributed by atoms with Gasteiger partial charge in [-0.15, -0.1) is 11.3 Å². The summed E-state index contributed by atoms with van der Waals surface area (Å²) in [5, 5.41) is 15.2. The topological polar surface area (TPSA) is 88.0 Å². The van der Waals surface area contributed by atoms with Crippen molar-refractivity contribution in [1.29, 1.82) is 0 Å². The van der Waals surface area contributed by atoms with Crippen LogP contribution in [0.3, 0.4) is 0 Å². The normalized spacial score (nSPS) is 10.8. The number of nitrogens with zero attached hydrogens (tertiary/aromatic N) is 2. The molecule has 0 aliphatic carbocycles. The number of carbonyl (C=O) groups is 2. The monoisotopic (exact) mass is 473 g/mol. The third kappa shape index (κ3) is 6.11. The lowest BCUT2D eigenvalue weighted by Crippen LogP contribution is -2.34. The van der Waals surface area contributed by atoms with E-state index in [4.69, 9.17) is 5.10 Å². The smallest absolute Gasteiger partial charge is 0.319 e. The van der Waals surface area contributed by atoms with Gasteiger partial charge >= 0.3 is 6.03 Å². The number of nitrogens with one attached hydrogen (secondary N) is 3. The van der Waals surface area contributed by atoms with Crippen molar-refractivity contribution < 1.29 is 9.59 Å². The zero-order valence-corrected chi connectivity index (χ0v) is 19.9. The van der Waals surface area contributed by atoms with Gasteiger partial charge < -0.3 is 16.0 Å². The minimum absolute atomic E-state index is 0.0607. The Kier molecular flexibility index (Phi) is 7.39. The minimum atomic E-state index is -0.246. The molecule has 2 aromatic heterocycles. The Morgan fingerprint density at radius 2 is 1.74 bits per heavy atom. The number of benzene rings is 2. The fourth-order valence-corrected chi connectivity index (χ4v) is 4.17. The number of urea groups is 1. The molecule has 3 amide bonds. The highest BCUT2D eigenvalue weighted by Crippen LogP contribution is 2.27. The Morgan fingerprint density at radius 3 is 2.41 bits per heavy atom. The lowest BCUT2D eigenvalue weighted by Gasteiger charge is -2.11. The first-order chi connectivity index (χ1) is 16.5. The van der Waals surface area contributed by atoms with E-state index >= 15 is 0 Å². The summed E-state index contributed by atoms with van der Waals surface area (Å²) in [6.07, 6.45) is 1.80. The Bertz CT molecular complexity index is 1230. The van der Waals surface area contributed by atoms with Crippen LogP contribution in [0.25, 0.3) is 10.6 Å². The van der Waals surface area contributed by atoms with E-state index in [1.165, 1.54) is 0 Å². The molecule has 0 aliphatic rings. The zero-order valence-electron chi connectivity index (χ0n) is 19.1. The molecule has 0 unspecified atom stereocenters. The quantitative estimate of drug-likeness (QED) is 0.332. The van der Waals surface area contributed by atoms with Gasteiger partial charge in [0.15, 0.2) is 0 Å². The van der Waals surface area contributed by atoms with Crippen molar-refractivity contribution in [3.63, 3.8) is 0 Å². The van der Waals surface area contributed by atoms with E-state index in [9.17, 15) is 9.59 Å². The van der Waals surface area contributed by atoms with Crippen LogP contribution < -0.4 is 16.0 Å². The summed E-state index contributed by atoms with van der Waals surface area (Å²) in [4.78, 5) is 25.9. The molecule has 0 atom stereocenters. The van der Waals surface area contributed by atoms with Gasteiger partial charge in [0.05, 0.1) is 17.0 Å². The summed E-state index contributed by atoms with van der Waals surface area (Å²) in [6, 6.07) is 21.2. The van der Waals surface area contributed by atoms with E-state index in [1.807, 2.05) is 90.6 Å². The summed E-state index contributed by atoms with van der Waals surface area (Å²) in [6.45, 7) is 4.76. The molecule has 0 radical (unpaired) electrons. The van der Waals surface area contributed by atoms with Crippen LogP contribution in [0.15, 0.2) is 78.3 Å². The molecule has 2 heterocycles. The standard InChI is InChI=1S/C26H27N5O2S/c1-18(2)28-26(33)29-21-12-10-19(11-13-21)15-27-25(32)22-17-31(16-20-7-4-3-5-8-20)30-24(22)23-9-6-14-34-23/h3-14,17-18H,15-16H2,1-2H3,(H,27,32)(H2,28,29,33). The Labute approximate surface area is 202 Å². The van der Waals surface area contributed by atoms with Gasteiger partial charge in [-0.25, -0.2) is 4.79 Å². The largest absolute Gasteiger partial charge is 0.348 e. The van der Waals surface area contributed by atoms with Crippen LogP contribution in [0.4, 0.5) is 10.5 Å². The van der Waals surface area contributed by atoms with Gasteiger partial charge in [-0.2, -0.15) is 5.10 Å². The van der Waals surface area contributed by atoms with Crippen LogP contribution in [0, 0.1) is 0 Å². The lowest BCUT2D eigenvalue weighted by molar-refractivity contribution is 0.0951. The van der Waals surface area contributed by atoms with Crippen LogP contribution in [-0.2, 0) is 13.1 Å². The summed E-state index contributed by atoms with van der Waals surface area (Å²) in [7, 11) is 0. The van der Waals surface area contributed by atoms with Gasteiger partial charge in [0.25, 0.3) is 5.91 Å². The Hall–Kier alpha value is -3.91. The number of anilines is 1. The van der Waals surface area contributed by atoms with E-state index < -0.39 is 0 Å². The summed E-state index contributed by atoms with van der Waals surface area (Å²) >= 11 is 1.56. The first kappa shape index (κ1) is 23.3. The second kappa shape index (κ2) is 10.8. The molecule has 0 aliphatic heterocycles. The first-order valence-corrected chi connectivity index (χ1v) is 12.0. The zero-order chi connectivity index (χ0) is 23.9. The number of carbonyl (C=O) groups excluding carboxylic acids is 2. The highest BCUT2D eigenvalue weighted by atomic mass is 32.1. The molecule has 0 fully saturated rings. The molecular weight excluding hydrogens is 446 g/mol. The molecule has 174 valence electrons. The average Bonchev–Trinajstić information content (AvgIpc) is 3.49. The second-order valence-electron chi connectivity index (χ2n) is 8.18. The van der Waals surface area contributed by atoms with Crippen molar-refractivity contribution in [3.8, 4) is 10.6 Å². The number of hydrogen-bond donors (Lipinski definition) is 3. The molecule has 2 aromatic carbocycles. The summed E-state index contributed by atoms with van der Waals surface area (Å²) in [5.74, 6) is -0.179. The second-order valence-corrected chi connectivity index (χ2v) is 9.13. The lowest BCUT2D eigenvalue weighted by atomic mass is 10.1. The Balaban J connectivity index is 1.43. The van der Waals surface area contributed by atoms with E-state index in [-0.39, 0.29) is 18.0 Å². The third-order valence-electron chi connectivity index (χ3n) is 5.03. The number of aromatic nitrogens is 2. The predicted molar refractivity (Wildman–Crippen MR) is 136 cm³/mol. The van der Waals surface area contributed by atoms with Gasteiger partial charge in [-0.3, -0.25) is 9.48 Å². The van der Waals surface area contributed by atoms with Gasteiger partial charge in [0.2, 0.25) is 0 Å².